The van der Waals surface area contributed by atoms with E-state index in [-0.39, 0.29) is 23.2 Å². The number of hydrogen-bond donors (Lipinski definition) is 1. The molecule has 0 aliphatic carbocycles. The van der Waals surface area contributed by atoms with Gasteiger partial charge in [0.05, 0.1) is 12.5 Å². The van der Waals surface area contributed by atoms with Crippen molar-refractivity contribution in [1.82, 2.24) is 10.2 Å². The van der Waals surface area contributed by atoms with Gasteiger partial charge in [-0.1, -0.05) is 30.3 Å². The minimum absolute atomic E-state index is 0.0505. The smallest absolute Gasteiger partial charge is 0.243 e. The fourth-order valence-electron chi connectivity index (χ4n) is 3.20. The number of amides is 2. The van der Waals surface area contributed by atoms with Crippen LogP contribution < -0.4 is 5.32 Å². The van der Waals surface area contributed by atoms with E-state index in [9.17, 15) is 9.59 Å². The molecular formula is C20H24N2O3S. The molecule has 2 heterocycles. The fraction of sp³-hybridized carbons (Fsp3) is 0.400. The van der Waals surface area contributed by atoms with Gasteiger partial charge in [-0.25, -0.2) is 0 Å². The van der Waals surface area contributed by atoms with Crippen LogP contribution in [0.3, 0.4) is 0 Å². The molecule has 0 spiro atoms. The number of carbonyl (C=O) groups excluding carboxylic acids is 2. The lowest BCUT2D eigenvalue weighted by atomic mass is 10.1. The van der Waals surface area contributed by atoms with Crippen LogP contribution in [0.25, 0.3) is 0 Å². The van der Waals surface area contributed by atoms with Crippen LogP contribution in [0.4, 0.5) is 0 Å². The molecule has 3 atom stereocenters. The molecule has 1 fully saturated rings. The van der Waals surface area contributed by atoms with Crippen LogP contribution in [0.1, 0.15) is 36.8 Å². The Hall–Kier alpha value is -2.21. The molecule has 2 amide bonds. The lowest BCUT2D eigenvalue weighted by Gasteiger charge is -2.28. The summed E-state index contributed by atoms with van der Waals surface area (Å²) in [5, 5.41) is 2.91. The molecule has 3 rings (SSSR count). The lowest BCUT2D eigenvalue weighted by molar-refractivity contribution is -0.138. The Morgan fingerprint density at radius 3 is 2.73 bits per heavy atom. The molecule has 1 aromatic heterocycles. The van der Waals surface area contributed by atoms with Crippen molar-refractivity contribution < 1.29 is 14.0 Å². The maximum atomic E-state index is 12.8. The monoisotopic (exact) mass is 372 g/mol. The van der Waals surface area contributed by atoms with E-state index in [1.54, 1.807) is 29.2 Å². The van der Waals surface area contributed by atoms with E-state index in [1.807, 2.05) is 31.2 Å². The number of nitrogens with one attached hydrogen (secondary N) is 1. The first-order chi connectivity index (χ1) is 12.6. The van der Waals surface area contributed by atoms with E-state index in [1.165, 1.54) is 12.5 Å². The molecule has 26 heavy (non-hydrogen) atoms. The third-order valence-corrected chi connectivity index (χ3v) is 5.92. The molecule has 0 radical (unpaired) electrons. The van der Waals surface area contributed by atoms with Crippen LogP contribution >= 0.6 is 11.8 Å². The van der Waals surface area contributed by atoms with Gasteiger partial charge < -0.3 is 14.6 Å². The Balaban J connectivity index is 1.58. The maximum Gasteiger partial charge on any atom is 0.243 e. The number of thioether (sulfide) groups is 1. The van der Waals surface area contributed by atoms with Crippen molar-refractivity contribution in [3.63, 3.8) is 0 Å². The fourth-order valence-corrected chi connectivity index (χ4v) is 4.66. The van der Waals surface area contributed by atoms with Crippen molar-refractivity contribution >= 4 is 23.6 Å². The second-order valence-electron chi connectivity index (χ2n) is 6.62. The molecule has 2 aromatic rings. The Labute approximate surface area is 158 Å². The Kier molecular flexibility index (Phi) is 6.04. The van der Waals surface area contributed by atoms with Gasteiger partial charge in [0.25, 0.3) is 0 Å². The van der Waals surface area contributed by atoms with Crippen LogP contribution in [0.5, 0.6) is 0 Å². The topological polar surface area (TPSA) is 62.6 Å². The highest BCUT2D eigenvalue weighted by Gasteiger charge is 2.41. The summed E-state index contributed by atoms with van der Waals surface area (Å²) in [5.74, 6) is 0.407. The van der Waals surface area contributed by atoms with Crippen molar-refractivity contribution in [2.24, 2.45) is 0 Å². The van der Waals surface area contributed by atoms with Crippen molar-refractivity contribution in [3.05, 3.63) is 60.1 Å². The number of furan rings is 1. The number of carbonyl (C=O) groups is 2. The number of benzene rings is 1. The molecule has 138 valence electrons. The summed E-state index contributed by atoms with van der Waals surface area (Å²) in [6, 6.07) is 11.7. The highest BCUT2D eigenvalue weighted by molar-refractivity contribution is 7.99. The quantitative estimate of drug-likeness (QED) is 0.844. The molecule has 5 nitrogen and oxygen atoms in total. The van der Waals surface area contributed by atoms with E-state index in [2.05, 4.69) is 17.4 Å². The van der Waals surface area contributed by atoms with E-state index < -0.39 is 6.04 Å². The Morgan fingerprint density at radius 2 is 2.08 bits per heavy atom. The van der Waals surface area contributed by atoms with Crippen LogP contribution in [0, 0.1) is 0 Å². The summed E-state index contributed by atoms with van der Waals surface area (Å²) in [4.78, 5) is 26.6. The SMILES string of the molecule is CC(=O)N1C(C(=O)NC(C)CCc2ccccc2)CSC1c1ccoc1. The summed E-state index contributed by atoms with van der Waals surface area (Å²) < 4.78 is 5.14. The zero-order valence-electron chi connectivity index (χ0n) is 15.1. The van der Waals surface area contributed by atoms with Gasteiger partial charge in [0.2, 0.25) is 11.8 Å². The zero-order valence-corrected chi connectivity index (χ0v) is 15.9. The predicted octanol–water partition coefficient (Wildman–Crippen LogP) is 3.38. The first kappa shape index (κ1) is 18.6. The molecule has 6 heteroatoms. The van der Waals surface area contributed by atoms with Crippen LogP contribution in [0.2, 0.25) is 0 Å². The summed E-state index contributed by atoms with van der Waals surface area (Å²) in [6.45, 7) is 3.52. The molecule has 1 saturated heterocycles. The Bertz CT molecular complexity index is 733. The third-order valence-electron chi connectivity index (χ3n) is 4.59. The van der Waals surface area contributed by atoms with Gasteiger partial charge in [-0.2, -0.15) is 0 Å². The van der Waals surface area contributed by atoms with Crippen LogP contribution in [-0.2, 0) is 16.0 Å². The first-order valence-electron chi connectivity index (χ1n) is 8.83. The maximum absolute atomic E-state index is 12.8. The predicted molar refractivity (Wildman–Crippen MR) is 103 cm³/mol. The van der Waals surface area contributed by atoms with Crippen molar-refractivity contribution in [3.8, 4) is 0 Å². The van der Waals surface area contributed by atoms with Crippen molar-refractivity contribution in [1.29, 1.82) is 0 Å². The van der Waals surface area contributed by atoms with Gasteiger partial charge in [-0.05, 0) is 31.4 Å². The minimum atomic E-state index is -0.448. The third kappa shape index (κ3) is 4.30. The second kappa shape index (κ2) is 8.45. The van der Waals surface area contributed by atoms with Gasteiger partial charge >= 0.3 is 0 Å². The van der Waals surface area contributed by atoms with E-state index in [0.29, 0.717) is 5.75 Å². The van der Waals surface area contributed by atoms with Gasteiger partial charge in [0.15, 0.2) is 0 Å². The highest BCUT2D eigenvalue weighted by Crippen LogP contribution is 2.41. The molecule has 1 N–H and O–H groups in total. The van der Waals surface area contributed by atoms with E-state index in [0.717, 1.165) is 18.4 Å². The first-order valence-corrected chi connectivity index (χ1v) is 9.88. The number of nitrogens with zero attached hydrogens (tertiary/aromatic N) is 1. The van der Waals surface area contributed by atoms with Crippen molar-refractivity contribution in [2.75, 3.05) is 5.75 Å². The number of rotatable bonds is 6. The molecule has 1 aromatic carbocycles. The summed E-state index contributed by atoms with van der Waals surface area (Å²) >= 11 is 1.59. The van der Waals surface area contributed by atoms with Crippen LogP contribution in [-0.4, -0.2) is 34.6 Å². The van der Waals surface area contributed by atoms with E-state index in [4.69, 9.17) is 4.42 Å². The summed E-state index contributed by atoms with van der Waals surface area (Å²) in [6.07, 6.45) is 5.00. The summed E-state index contributed by atoms with van der Waals surface area (Å²) in [7, 11) is 0. The zero-order chi connectivity index (χ0) is 18.5. The molecular weight excluding hydrogens is 348 g/mol. The van der Waals surface area contributed by atoms with E-state index >= 15 is 0 Å². The van der Waals surface area contributed by atoms with Gasteiger partial charge in [-0.15, -0.1) is 11.8 Å². The van der Waals surface area contributed by atoms with Gasteiger partial charge in [-0.3, -0.25) is 9.59 Å². The largest absolute Gasteiger partial charge is 0.472 e. The normalized spacial score (nSPS) is 20.8. The average Bonchev–Trinajstić information content (AvgIpc) is 3.29. The highest BCUT2D eigenvalue weighted by atomic mass is 32.2. The Morgan fingerprint density at radius 1 is 1.31 bits per heavy atom. The van der Waals surface area contributed by atoms with Gasteiger partial charge in [0.1, 0.15) is 11.4 Å². The molecule has 0 saturated carbocycles. The summed E-state index contributed by atoms with van der Waals surface area (Å²) in [5.41, 5.74) is 2.17. The standard InChI is InChI=1S/C20H24N2O3S/c1-14(8-9-16-6-4-3-5-7-16)21-19(24)18-13-26-20(22(18)15(2)23)17-10-11-25-12-17/h3-7,10-12,14,18,20H,8-9,13H2,1-2H3,(H,21,24). The molecule has 3 unspecified atom stereocenters. The molecule has 0 bridgehead atoms. The number of aryl methyl sites for hydroxylation is 1. The molecule has 1 aliphatic heterocycles. The van der Waals surface area contributed by atoms with Crippen LogP contribution in [0.15, 0.2) is 53.3 Å². The minimum Gasteiger partial charge on any atom is -0.472 e. The van der Waals surface area contributed by atoms with Crippen molar-refractivity contribution in [2.45, 2.75) is 44.1 Å². The molecule has 1 aliphatic rings. The van der Waals surface area contributed by atoms with Gasteiger partial charge in [0, 0.05) is 24.3 Å². The lowest BCUT2D eigenvalue weighted by Crippen LogP contribution is -2.49. The average molecular weight is 372 g/mol. The number of hydrogen-bond acceptors (Lipinski definition) is 4. The second-order valence-corrected chi connectivity index (χ2v) is 7.73.